The molecule has 19 heavy (non-hydrogen) atoms. The Balaban J connectivity index is 3.25. The maximum absolute atomic E-state index is 12.5. The average Bonchev–Trinajstić information content (AvgIpc) is 2.26. The van der Waals surface area contributed by atoms with Crippen molar-refractivity contribution < 1.29 is 8.42 Å². The van der Waals surface area contributed by atoms with Gasteiger partial charge < -0.3 is 5.73 Å². The monoisotopic (exact) mass is 301 g/mol. The van der Waals surface area contributed by atoms with Crippen molar-refractivity contribution in [1.29, 1.82) is 0 Å². The Labute approximate surface area is 119 Å². The third-order valence-corrected chi connectivity index (χ3v) is 4.42. The van der Waals surface area contributed by atoms with Crippen molar-refractivity contribution in [2.75, 3.05) is 13.6 Å². The van der Waals surface area contributed by atoms with Gasteiger partial charge in [-0.2, -0.15) is 0 Å². The van der Waals surface area contributed by atoms with Gasteiger partial charge in [0, 0.05) is 19.8 Å². The summed E-state index contributed by atoms with van der Waals surface area (Å²) in [5.74, 6) is 0. The smallest absolute Gasteiger partial charge is 0.245 e. The van der Waals surface area contributed by atoms with Crippen molar-refractivity contribution in [2.24, 2.45) is 11.1 Å². The Kier molecular flexibility index (Phi) is 4.65. The molecule has 0 spiro atoms. The lowest BCUT2D eigenvalue weighted by atomic mass is 9.97. The van der Waals surface area contributed by atoms with E-state index < -0.39 is 10.0 Å². The summed E-state index contributed by atoms with van der Waals surface area (Å²) in [6.07, 6.45) is 1.47. The topological polar surface area (TPSA) is 76.3 Å². The fourth-order valence-corrected chi connectivity index (χ4v) is 3.48. The van der Waals surface area contributed by atoms with Crippen LogP contribution in [-0.4, -0.2) is 36.3 Å². The van der Waals surface area contributed by atoms with Crippen molar-refractivity contribution >= 4 is 27.2 Å². The highest BCUT2D eigenvalue weighted by molar-refractivity contribution is 7.89. The molecule has 1 aromatic heterocycles. The van der Waals surface area contributed by atoms with Gasteiger partial charge in [-0.05, 0) is 17.5 Å². The quantitative estimate of drug-likeness (QED) is 0.850. The second-order valence-corrected chi connectivity index (χ2v) is 7.99. The fraction of sp³-hybridized carbons (Fsp3) is 0.500. The molecule has 0 bridgehead atoms. The van der Waals surface area contributed by atoms with Crippen molar-refractivity contribution in [3.63, 3.8) is 0 Å². The van der Waals surface area contributed by atoms with Crippen LogP contribution in [0.2, 0.25) is 0 Å². The molecule has 0 atom stereocenters. The van der Waals surface area contributed by atoms with Crippen LogP contribution in [0.15, 0.2) is 23.2 Å². The zero-order chi connectivity index (χ0) is 14.8. The van der Waals surface area contributed by atoms with E-state index in [0.717, 1.165) is 0 Å². The Morgan fingerprint density at radius 2 is 2.05 bits per heavy atom. The zero-order valence-electron chi connectivity index (χ0n) is 11.5. The summed E-state index contributed by atoms with van der Waals surface area (Å²) in [6, 6.07) is 3.02. The lowest BCUT2D eigenvalue weighted by Crippen LogP contribution is -2.35. The number of nitrogens with two attached hydrogens (primary N) is 1. The van der Waals surface area contributed by atoms with Crippen LogP contribution in [0.3, 0.4) is 0 Å². The highest BCUT2D eigenvalue weighted by Crippen LogP contribution is 2.22. The first kappa shape index (κ1) is 16.0. The number of sulfonamides is 1. The molecule has 0 aliphatic heterocycles. The molecule has 1 heterocycles. The van der Waals surface area contributed by atoms with Gasteiger partial charge in [0.25, 0.3) is 0 Å². The summed E-state index contributed by atoms with van der Waals surface area (Å²) < 4.78 is 26.3. The number of pyridine rings is 1. The van der Waals surface area contributed by atoms with E-state index in [0.29, 0.717) is 6.54 Å². The SMILES string of the molecule is CN(CC(C)(C)C)S(=O)(=O)c1cccnc1C(N)=S. The maximum atomic E-state index is 12.5. The highest BCUT2D eigenvalue weighted by Gasteiger charge is 2.28. The molecule has 0 aliphatic carbocycles. The molecular formula is C12H19N3O2S2. The standard InChI is InChI=1S/C12H19N3O2S2/c1-12(2,3)8-15(4)19(16,17)9-6-5-7-14-10(9)11(13)18/h5-7H,8H2,1-4H3,(H2,13,18). The van der Waals surface area contributed by atoms with Crippen LogP contribution in [-0.2, 0) is 10.0 Å². The van der Waals surface area contributed by atoms with E-state index in [1.807, 2.05) is 20.8 Å². The first-order valence-corrected chi connectivity index (χ1v) is 7.62. The fourth-order valence-electron chi connectivity index (χ4n) is 1.70. The number of thiocarbonyl (C=S) groups is 1. The van der Waals surface area contributed by atoms with Gasteiger partial charge in [0.05, 0.1) is 0 Å². The summed E-state index contributed by atoms with van der Waals surface area (Å²) in [7, 11) is -2.11. The van der Waals surface area contributed by atoms with Crippen molar-refractivity contribution in [1.82, 2.24) is 9.29 Å². The Morgan fingerprint density at radius 1 is 1.47 bits per heavy atom. The lowest BCUT2D eigenvalue weighted by Gasteiger charge is -2.26. The summed E-state index contributed by atoms with van der Waals surface area (Å²) in [5, 5.41) is 0. The second kappa shape index (κ2) is 5.52. The van der Waals surface area contributed by atoms with Gasteiger partial charge in [-0.3, -0.25) is 4.98 Å². The van der Waals surface area contributed by atoms with Crippen LogP contribution in [0.4, 0.5) is 0 Å². The largest absolute Gasteiger partial charge is 0.388 e. The third kappa shape index (κ3) is 3.95. The van der Waals surface area contributed by atoms with Gasteiger partial charge in [0.15, 0.2) is 0 Å². The molecule has 0 aromatic carbocycles. The number of nitrogens with zero attached hydrogens (tertiary/aromatic N) is 2. The van der Waals surface area contributed by atoms with Gasteiger partial charge in [0.2, 0.25) is 10.0 Å². The van der Waals surface area contributed by atoms with Crippen molar-refractivity contribution in [2.45, 2.75) is 25.7 Å². The molecule has 0 aliphatic rings. The minimum atomic E-state index is -3.64. The highest BCUT2D eigenvalue weighted by atomic mass is 32.2. The van der Waals surface area contributed by atoms with Gasteiger partial charge in [-0.15, -0.1) is 0 Å². The Hall–Kier alpha value is -1.05. The molecule has 0 unspecified atom stereocenters. The molecule has 5 nitrogen and oxygen atoms in total. The van der Waals surface area contributed by atoms with Crippen LogP contribution in [0, 0.1) is 5.41 Å². The van der Waals surface area contributed by atoms with Crippen molar-refractivity contribution in [3.05, 3.63) is 24.0 Å². The van der Waals surface area contributed by atoms with Gasteiger partial charge in [-0.1, -0.05) is 33.0 Å². The van der Waals surface area contributed by atoms with Crippen LogP contribution in [0.5, 0.6) is 0 Å². The molecular weight excluding hydrogens is 282 g/mol. The van der Waals surface area contributed by atoms with Crippen LogP contribution < -0.4 is 5.73 Å². The molecule has 0 saturated carbocycles. The van der Waals surface area contributed by atoms with E-state index in [9.17, 15) is 8.42 Å². The third-order valence-electron chi connectivity index (χ3n) is 2.39. The van der Waals surface area contributed by atoms with E-state index in [4.69, 9.17) is 18.0 Å². The van der Waals surface area contributed by atoms with Crippen molar-refractivity contribution in [3.8, 4) is 0 Å². The van der Waals surface area contributed by atoms with E-state index in [2.05, 4.69) is 4.98 Å². The number of rotatable bonds is 4. The number of hydrogen-bond donors (Lipinski definition) is 1. The minimum absolute atomic E-state index is 0.0247. The first-order valence-electron chi connectivity index (χ1n) is 5.77. The molecule has 0 saturated heterocycles. The second-order valence-electron chi connectivity index (χ2n) is 5.54. The molecule has 0 amide bonds. The summed E-state index contributed by atoms with van der Waals surface area (Å²) >= 11 is 4.85. The normalized spacial score (nSPS) is 12.7. The van der Waals surface area contributed by atoms with E-state index in [1.54, 1.807) is 6.07 Å². The molecule has 1 aromatic rings. The maximum Gasteiger partial charge on any atom is 0.245 e. The average molecular weight is 301 g/mol. The minimum Gasteiger partial charge on any atom is -0.388 e. The van der Waals surface area contributed by atoms with Gasteiger partial charge in [0.1, 0.15) is 15.6 Å². The van der Waals surface area contributed by atoms with Crippen LogP contribution in [0.25, 0.3) is 0 Å². The Bertz CT molecular complexity index is 577. The predicted octanol–water partition coefficient (Wildman–Crippen LogP) is 1.38. The Morgan fingerprint density at radius 3 is 2.53 bits per heavy atom. The van der Waals surface area contributed by atoms with Gasteiger partial charge >= 0.3 is 0 Å². The van der Waals surface area contributed by atoms with E-state index >= 15 is 0 Å². The molecule has 1 rings (SSSR count). The molecule has 2 N–H and O–H groups in total. The van der Waals surface area contributed by atoms with Crippen LogP contribution >= 0.6 is 12.2 Å². The number of hydrogen-bond acceptors (Lipinski definition) is 4. The summed E-state index contributed by atoms with van der Waals surface area (Å²) in [6.45, 7) is 6.30. The van der Waals surface area contributed by atoms with E-state index in [1.165, 1.54) is 23.6 Å². The lowest BCUT2D eigenvalue weighted by molar-refractivity contribution is 0.310. The van der Waals surface area contributed by atoms with Gasteiger partial charge in [-0.25, -0.2) is 12.7 Å². The van der Waals surface area contributed by atoms with Crippen LogP contribution in [0.1, 0.15) is 26.5 Å². The van der Waals surface area contributed by atoms with E-state index in [-0.39, 0.29) is 21.0 Å². The summed E-state index contributed by atoms with van der Waals surface area (Å²) in [4.78, 5) is 3.98. The summed E-state index contributed by atoms with van der Waals surface area (Å²) in [5.41, 5.74) is 5.52. The molecule has 7 heteroatoms. The molecule has 106 valence electrons. The number of aromatic nitrogens is 1. The molecule has 0 radical (unpaired) electrons. The zero-order valence-corrected chi connectivity index (χ0v) is 13.2. The predicted molar refractivity (Wildman–Crippen MR) is 79.4 cm³/mol. The molecule has 0 fully saturated rings. The first-order chi connectivity index (χ1) is 8.55.